The molecule has 1 heterocycles. The number of primary amides is 1. The van der Waals surface area contributed by atoms with Crippen molar-refractivity contribution in [3.63, 3.8) is 0 Å². The Hall–Kier alpha value is -2.18. The van der Waals surface area contributed by atoms with Crippen LogP contribution >= 0.6 is 0 Å². The third-order valence-electron chi connectivity index (χ3n) is 1.35. The molecule has 0 spiro atoms. The maximum absolute atomic E-state index is 10.8. The summed E-state index contributed by atoms with van der Waals surface area (Å²) in [5.74, 6) is -0.656. The van der Waals surface area contributed by atoms with Gasteiger partial charge in [-0.1, -0.05) is 0 Å². The molecule has 0 atom stereocenters. The average Bonchev–Trinajstić information content (AvgIpc) is 2.43. The minimum absolute atomic E-state index is 0.0268. The third kappa shape index (κ3) is 1.70. The van der Waals surface area contributed by atoms with E-state index in [0.717, 1.165) is 6.34 Å². The average molecular weight is 180 g/mol. The van der Waals surface area contributed by atoms with Gasteiger partial charge < -0.3 is 11.5 Å². The van der Waals surface area contributed by atoms with Gasteiger partial charge in [-0.15, -0.1) is 0 Å². The number of hydrogen-bond acceptors (Lipinski definition) is 4. The topological polar surface area (TPSA) is 134 Å². The van der Waals surface area contributed by atoms with E-state index in [9.17, 15) is 4.79 Å². The van der Waals surface area contributed by atoms with E-state index in [-0.39, 0.29) is 11.4 Å². The normalized spacial score (nSPS) is 10.5. The Morgan fingerprint density at radius 1 is 1.69 bits per heavy atom. The molecule has 1 amide bonds. The molecule has 68 valence electrons. The number of hydrogen-bond donors (Lipinski definition) is 4. The highest BCUT2D eigenvalue weighted by atomic mass is 16.1. The first kappa shape index (κ1) is 8.91. The van der Waals surface area contributed by atoms with Crippen LogP contribution in [0.2, 0.25) is 0 Å². The lowest BCUT2D eigenvalue weighted by Gasteiger charge is -1.91. The van der Waals surface area contributed by atoms with E-state index < -0.39 is 5.91 Å². The maximum atomic E-state index is 10.8. The number of H-pyrrole nitrogens is 1. The fourth-order valence-electron chi connectivity index (χ4n) is 0.834. The molecule has 1 aromatic heterocycles. The van der Waals surface area contributed by atoms with E-state index in [1.54, 1.807) is 0 Å². The predicted octanol–water partition coefficient (Wildman–Crippen LogP) is -0.883. The first-order valence-corrected chi connectivity index (χ1v) is 3.32. The zero-order valence-corrected chi connectivity index (χ0v) is 6.61. The van der Waals surface area contributed by atoms with Crippen LogP contribution in [0.5, 0.6) is 0 Å². The fourth-order valence-corrected chi connectivity index (χ4v) is 0.834. The van der Waals surface area contributed by atoms with E-state index in [2.05, 4.69) is 15.2 Å². The molecule has 0 unspecified atom stereocenters. The van der Waals surface area contributed by atoms with Crippen molar-refractivity contribution in [2.45, 2.75) is 0 Å². The highest BCUT2D eigenvalue weighted by Gasteiger charge is 2.13. The van der Waals surface area contributed by atoms with Crippen molar-refractivity contribution < 1.29 is 4.79 Å². The van der Waals surface area contributed by atoms with Gasteiger partial charge in [-0.05, 0) is 0 Å². The highest BCUT2D eigenvalue weighted by Crippen LogP contribution is 2.09. The molecule has 0 bridgehead atoms. The number of anilines is 1. The Balaban J connectivity index is 3.14. The second-order valence-corrected chi connectivity index (χ2v) is 2.17. The number of rotatable bonds is 3. The molecule has 1 rings (SSSR count). The highest BCUT2D eigenvalue weighted by molar-refractivity contribution is 6.04. The summed E-state index contributed by atoms with van der Waals surface area (Å²) in [7, 11) is 0. The summed E-state index contributed by atoms with van der Waals surface area (Å²) in [4.78, 5) is 14.3. The predicted molar refractivity (Wildman–Crippen MR) is 47.9 cm³/mol. The van der Waals surface area contributed by atoms with Gasteiger partial charge in [-0.25, -0.2) is 4.99 Å². The summed E-state index contributed by atoms with van der Waals surface area (Å²) in [6, 6.07) is 0. The summed E-state index contributed by atoms with van der Waals surface area (Å²) < 4.78 is 0. The number of nitrogens with one attached hydrogen (secondary N) is 2. The first-order chi connectivity index (χ1) is 6.16. The number of nitrogens with zero attached hydrogens (tertiary/aromatic N) is 2. The Bertz CT molecular complexity index is 365. The molecule has 7 heteroatoms. The van der Waals surface area contributed by atoms with E-state index in [0.29, 0.717) is 5.69 Å². The second kappa shape index (κ2) is 3.48. The molecule has 0 aliphatic carbocycles. The molecular weight excluding hydrogens is 172 g/mol. The zero-order chi connectivity index (χ0) is 9.84. The Morgan fingerprint density at radius 2 is 2.38 bits per heavy atom. The first-order valence-electron chi connectivity index (χ1n) is 3.32. The molecule has 0 fully saturated rings. The number of nitrogen functional groups attached to an aromatic ring is 1. The minimum atomic E-state index is -0.683. The zero-order valence-electron chi connectivity index (χ0n) is 6.61. The lowest BCUT2D eigenvalue weighted by molar-refractivity contribution is 0.100. The van der Waals surface area contributed by atoms with Crippen molar-refractivity contribution in [3.05, 3.63) is 11.3 Å². The van der Waals surface area contributed by atoms with Crippen LogP contribution in [0.25, 0.3) is 0 Å². The number of aromatic amines is 1. The number of nitrogens with two attached hydrogens (primary N) is 2. The number of carbonyl (C=O) groups excluding carboxylic acids is 1. The van der Waals surface area contributed by atoms with Crippen molar-refractivity contribution >= 4 is 24.3 Å². The van der Waals surface area contributed by atoms with Crippen molar-refractivity contribution in [2.24, 2.45) is 10.7 Å². The molecule has 0 saturated carbocycles. The van der Waals surface area contributed by atoms with Gasteiger partial charge in [0.25, 0.3) is 5.91 Å². The molecule has 7 nitrogen and oxygen atoms in total. The number of aromatic nitrogens is 2. The lowest BCUT2D eigenvalue weighted by atomic mass is 10.2. The summed E-state index contributed by atoms with van der Waals surface area (Å²) >= 11 is 0. The van der Waals surface area contributed by atoms with Gasteiger partial charge in [0, 0.05) is 0 Å². The molecule has 0 saturated heterocycles. The van der Waals surface area contributed by atoms with Crippen LogP contribution in [-0.4, -0.2) is 28.7 Å². The van der Waals surface area contributed by atoms with Crippen LogP contribution in [0.4, 0.5) is 5.82 Å². The molecule has 0 aliphatic rings. The van der Waals surface area contributed by atoms with Crippen LogP contribution in [0, 0.1) is 5.41 Å². The fraction of sp³-hybridized carbons (Fsp3) is 0. The molecule has 0 radical (unpaired) electrons. The maximum Gasteiger partial charge on any atom is 0.254 e. The number of carbonyl (C=O) groups is 1. The summed E-state index contributed by atoms with van der Waals surface area (Å²) in [6.07, 6.45) is 2.07. The van der Waals surface area contributed by atoms with Crippen molar-refractivity contribution in [1.29, 1.82) is 5.41 Å². The van der Waals surface area contributed by atoms with Gasteiger partial charge in [0.2, 0.25) is 0 Å². The number of aliphatic imine (C=N–C) groups is 1. The van der Waals surface area contributed by atoms with Crippen LogP contribution in [0.15, 0.2) is 4.99 Å². The molecule has 6 N–H and O–H groups in total. The van der Waals surface area contributed by atoms with Gasteiger partial charge in [-0.3, -0.25) is 15.3 Å². The van der Waals surface area contributed by atoms with Gasteiger partial charge in [-0.2, -0.15) is 5.10 Å². The quantitative estimate of drug-likeness (QED) is 0.355. The summed E-state index contributed by atoms with van der Waals surface area (Å²) in [5, 5.41) is 12.7. The monoisotopic (exact) mass is 180 g/mol. The Kier molecular flexibility index (Phi) is 2.38. The van der Waals surface area contributed by atoms with Crippen molar-refractivity contribution in [3.8, 4) is 0 Å². The van der Waals surface area contributed by atoms with Crippen LogP contribution in [0.3, 0.4) is 0 Å². The standard InChI is InChI=1S/C6H8N6O/c7-2-10-1-3-4(6(9)13)5(8)12-11-3/h1-2,7H,(H2,9,13)(H3,8,11,12). The summed E-state index contributed by atoms with van der Waals surface area (Å²) in [5.41, 5.74) is 10.8. The van der Waals surface area contributed by atoms with Gasteiger partial charge in [0.15, 0.2) is 5.82 Å². The van der Waals surface area contributed by atoms with E-state index in [1.807, 2.05) is 0 Å². The molecule has 0 aromatic carbocycles. The Morgan fingerprint density at radius 3 is 2.92 bits per heavy atom. The molecule has 1 aromatic rings. The molecular formula is C6H8N6O. The van der Waals surface area contributed by atoms with Gasteiger partial charge in [0.1, 0.15) is 11.9 Å². The SMILES string of the molecule is N=CN=Cc1[nH]nc(N)c1C(N)=O. The molecule has 13 heavy (non-hydrogen) atoms. The largest absolute Gasteiger partial charge is 0.382 e. The van der Waals surface area contributed by atoms with E-state index in [1.165, 1.54) is 6.21 Å². The van der Waals surface area contributed by atoms with E-state index >= 15 is 0 Å². The third-order valence-corrected chi connectivity index (χ3v) is 1.35. The summed E-state index contributed by atoms with van der Waals surface area (Å²) in [6.45, 7) is 0. The van der Waals surface area contributed by atoms with Gasteiger partial charge in [0.05, 0.1) is 11.9 Å². The lowest BCUT2D eigenvalue weighted by Crippen LogP contribution is -2.14. The van der Waals surface area contributed by atoms with Crippen LogP contribution < -0.4 is 11.5 Å². The smallest absolute Gasteiger partial charge is 0.254 e. The second-order valence-electron chi connectivity index (χ2n) is 2.17. The van der Waals surface area contributed by atoms with Gasteiger partial charge >= 0.3 is 0 Å². The van der Waals surface area contributed by atoms with Crippen LogP contribution in [-0.2, 0) is 0 Å². The van der Waals surface area contributed by atoms with Crippen molar-refractivity contribution in [1.82, 2.24) is 10.2 Å². The van der Waals surface area contributed by atoms with Crippen LogP contribution in [0.1, 0.15) is 16.1 Å². The Labute approximate surface area is 73.3 Å². The van der Waals surface area contributed by atoms with E-state index in [4.69, 9.17) is 16.9 Å². The number of amides is 1. The molecule has 0 aliphatic heterocycles. The minimum Gasteiger partial charge on any atom is -0.382 e. The van der Waals surface area contributed by atoms with Crippen molar-refractivity contribution in [2.75, 3.05) is 5.73 Å².